The van der Waals surface area contributed by atoms with Crippen molar-refractivity contribution in [2.75, 3.05) is 19.3 Å². The summed E-state index contributed by atoms with van der Waals surface area (Å²) in [4.78, 5) is 14.8. The first-order chi connectivity index (χ1) is 9.80. The van der Waals surface area contributed by atoms with E-state index in [0.29, 0.717) is 13.1 Å². The molecule has 1 aromatic carbocycles. The van der Waals surface area contributed by atoms with Crippen LogP contribution in [0.2, 0.25) is 0 Å². The first-order valence-electron chi connectivity index (χ1n) is 7.10. The summed E-state index contributed by atoms with van der Waals surface area (Å²) in [6.07, 6.45) is 1.13. The van der Waals surface area contributed by atoms with Gasteiger partial charge in [0.2, 0.25) is 0 Å². The Hall–Kier alpha value is -1.20. The molecule has 4 nitrogen and oxygen atoms in total. The van der Waals surface area contributed by atoms with Crippen molar-refractivity contribution < 1.29 is 14.6 Å². The summed E-state index contributed by atoms with van der Waals surface area (Å²) in [7, 11) is 0. The highest BCUT2D eigenvalue weighted by molar-refractivity contribution is 7.98. The quantitative estimate of drug-likeness (QED) is 0.853. The average molecular weight is 309 g/mol. The fourth-order valence-corrected chi connectivity index (χ4v) is 2.85. The number of hydrogen-bond donors (Lipinski definition) is 1. The maximum atomic E-state index is 12.1. The highest BCUT2D eigenvalue weighted by Crippen LogP contribution is 2.30. The van der Waals surface area contributed by atoms with Crippen molar-refractivity contribution >= 4 is 17.9 Å². The van der Waals surface area contributed by atoms with E-state index in [2.05, 4.69) is 0 Å². The normalized spacial score (nSPS) is 22.4. The molecule has 1 heterocycles. The third-order valence-electron chi connectivity index (χ3n) is 3.48. The van der Waals surface area contributed by atoms with Gasteiger partial charge in [-0.15, -0.1) is 11.8 Å². The van der Waals surface area contributed by atoms with E-state index in [1.807, 2.05) is 51.3 Å². The molecule has 116 valence electrons. The van der Waals surface area contributed by atoms with E-state index >= 15 is 0 Å². The molecule has 1 aliphatic heterocycles. The third kappa shape index (κ3) is 4.14. The van der Waals surface area contributed by atoms with Crippen LogP contribution in [0.5, 0.6) is 0 Å². The maximum absolute atomic E-state index is 12.1. The highest BCUT2D eigenvalue weighted by atomic mass is 32.2. The molecular formula is C16H23NO3S. The molecule has 0 radical (unpaired) electrons. The number of nitrogens with zero attached hydrogens (tertiary/aromatic N) is 1. The Kier molecular flexibility index (Phi) is 4.84. The molecule has 1 fully saturated rings. The SMILES string of the molecule is CSc1ccc([C@@H]2CN(C(=O)OC(C)(C)C)C[C@H]2O)cc1. The van der Waals surface area contributed by atoms with Gasteiger partial charge in [0.15, 0.2) is 0 Å². The molecule has 0 saturated carbocycles. The number of ether oxygens (including phenoxy) is 1. The van der Waals surface area contributed by atoms with Crippen LogP contribution in [0, 0.1) is 0 Å². The second-order valence-corrected chi connectivity index (χ2v) is 7.21. The van der Waals surface area contributed by atoms with Gasteiger partial charge in [-0.1, -0.05) is 12.1 Å². The van der Waals surface area contributed by atoms with E-state index in [4.69, 9.17) is 4.74 Å². The predicted octanol–water partition coefficient (Wildman–Crippen LogP) is 3.10. The standard InChI is InChI=1S/C16H23NO3S/c1-16(2,3)20-15(19)17-9-13(14(18)10-17)11-5-7-12(21-4)8-6-11/h5-8,13-14,18H,9-10H2,1-4H3/t13-,14+/m0/s1. The fourth-order valence-electron chi connectivity index (χ4n) is 2.44. The van der Waals surface area contributed by atoms with Gasteiger partial charge in [0, 0.05) is 17.4 Å². The number of β-amino-alcohol motifs (C(OH)–C–C–N with tert-alkyl or cyclic N) is 1. The van der Waals surface area contributed by atoms with Gasteiger partial charge < -0.3 is 14.7 Å². The Labute approximate surface area is 130 Å². The average Bonchev–Trinajstić information content (AvgIpc) is 2.79. The molecule has 1 amide bonds. The van der Waals surface area contributed by atoms with Gasteiger partial charge in [0.1, 0.15) is 5.60 Å². The Morgan fingerprint density at radius 1 is 1.29 bits per heavy atom. The molecule has 0 bridgehead atoms. The molecule has 2 atom stereocenters. The van der Waals surface area contributed by atoms with Crippen molar-refractivity contribution in [2.24, 2.45) is 0 Å². The first-order valence-corrected chi connectivity index (χ1v) is 8.32. The second-order valence-electron chi connectivity index (χ2n) is 6.33. The number of carbonyl (C=O) groups is 1. The topological polar surface area (TPSA) is 49.8 Å². The van der Waals surface area contributed by atoms with Crippen LogP contribution in [0.15, 0.2) is 29.2 Å². The number of amides is 1. The summed E-state index contributed by atoms with van der Waals surface area (Å²) in [6, 6.07) is 8.14. The van der Waals surface area contributed by atoms with E-state index < -0.39 is 11.7 Å². The summed E-state index contributed by atoms with van der Waals surface area (Å²) in [5, 5.41) is 10.2. The van der Waals surface area contributed by atoms with E-state index in [0.717, 1.165) is 5.56 Å². The second kappa shape index (κ2) is 6.28. The molecule has 1 aromatic rings. The summed E-state index contributed by atoms with van der Waals surface area (Å²) < 4.78 is 5.36. The molecule has 0 aliphatic carbocycles. The van der Waals surface area contributed by atoms with Gasteiger partial charge in [-0.05, 0) is 44.7 Å². The van der Waals surface area contributed by atoms with Crippen molar-refractivity contribution in [2.45, 2.75) is 43.3 Å². The molecule has 21 heavy (non-hydrogen) atoms. The lowest BCUT2D eigenvalue weighted by Gasteiger charge is -2.24. The van der Waals surface area contributed by atoms with Gasteiger partial charge in [-0.25, -0.2) is 4.79 Å². The summed E-state index contributed by atoms with van der Waals surface area (Å²) in [5.41, 5.74) is 0.548. The molecule has 1 N–H and O–H groups in total. The number of rotatable bonds is 2. The summed E-state index contributed by atoms with van der Waals surface area (Å²) >= 11 is 1.69. The number of aliphatic hydroxyl groups is 1. The minimum Gasteiger partial charge on any atom is -0.444 e. The third-order valence-corrected chi connectivity index (χ3v) is 4.23. The fraction of sp³-hybridized carbons (Fsp3) is 0.562. The highest BCUT2D eigenvalue weighted by Gasteiger charge is 2.36. The van der Waals surface area contributed by atoms with E-state index in [9.17, 15) is 9.90 Å². The lowest BCUT2D eigenvalue weighted by atomic mass is 9.96. The van der Waals surface area contributed by atoms with Crippen LogP contribution in [0.1, 0.15) is 32.3 Å². The number of carbonyl (C=O) groups excluding carboxylic acids is 1. The minimum absolute atomic E-state index is 0.0478. The molecular weight excluding hydrogens is 286 g/mol. The van der Waals surface area contributed by atoms with Crippen molar-refractivity contribution in [3.05, 3.63) is 29.8 Å². The molecule has 2 rings (SSSR count). The number of aliphatic hydroxyl groups excluding tert-OH is 1. The monoisotopic (exact) mass is 309 g/mol. The Morgan fingerprint density at radius 3 is 2.43 bits per heavy atom. The lowest BCUT2D eigenvalue weighted by Crippen LogP contribution is -2.35. The lowest BCUT2D eigenvalue weighted by molar-refractivity contribution is 0.0270. The number of hydrogen-bond acceptors (Lipinski definition) is 4. The number of benzene rings is 1. The molecule has 0 unspecified atom stereocenters. The van der Waals surface area contributed by atoms with Crippen LogP contribution in [0.3, 0.4) is 0 Å². The van der Waals surface area contributed by atoms with Crippen LogP contribution in [-0.2, 0) is 4.74 Å². The smallest absolute Gasteiger partial charge is 0.410 e. The van der Waals surface area contributed by atoms with Gasteiger partial charge in [0.25, 0.3) is 0 Å². The van der Waals surface area contributed by atoms with Crippen LogP contribution in [0.4, 0.5) is 4.79 Å². The van der Waals surface area contributed by atoms with Gasteiger partial charge >= 0.3 is 6.09 Å². The van der Waals surface area contributed by atoms with Gasteiger partial charge in [-0.3, -0.25) is 0 Å². The van der Waals surface area contributed by atoms with E-state index in [1.54, 1.807) is 16.7 Å². The van der Waals surface area contributed by atoms with Crippen molar-refractivity contribution in [1.29, 1.82) is 0 Å². The molecule has 0 spiro atoms. The first kappa shape index (κ1) is 16.2. The Balaban J connectivity index is 2.05. The summed E-state index contributed by atoms with van der Waals surface area (Å²) in [6.45, 7) is 6.35. The minimum atomic E-state index is -0.544. The maximum Gasteiger partial charge on any atom is 0.410 e. The van der Waals surface area contributed by atoms with Crippen LogP contribution >= 0.6 is 11.8 Å². The molecule has 1 saturated heterocycles. The number of likely N-dealkylation sites (tertiary alicyclic amines) is 1. The predicted molar refractivity (Wildman–Crippen MR) is 84.8 cm³/mol. The molecule has 5 heteroatoms. The van der Waals surface area contributed by atoms with E-state index in [1.165, 1.54) is 4.90 Å². The van der Waals surface area contributed by atoms with Gasteiger partial charge in [-0.2, -0.15) is 0 Å². The zero-order valence-corrected chi connectivity index (χ0v) is 13.8. The zero-order valence-electron chi connectivity index (χ0n) is 13.0. The zero-order chi connectivity index (χ0) is 15.6. The van der Waals surface area contributed by atoms with Gasteiger partial charge in [0.05, 0.1) is 12.6 Å². The Bertz CT molecular complexity index is 495. The largest absolute Gasteiger partial charge is 0.444 e. The van der Waals surface area contributed by atoms with Crippen LogP contribution in [-0.4, -0.2) is 47.1 Å². The van der Waals surface area contributed by atoms with Crippen LogP contribution in [0.25, 0.3) is 0 Å². The van der Waals surface area contributed by atoms with E-state index in [-0.39, 0.29) is 12.0 Å². The van der Waals surface area contributed by atoms with Crippen molar-refractivity contribution in [3.8, 4) is 0 Å². The van der Waals surface area contributed by atoms with Crippen molar-refractivity contribution in [3.63, 3.8) is 0 Å². The van der Waals surface area contributed by atoms with Crippen molar-refractivity contribution in [1.82, 2.24) is 4.90 Å². The van der Waals surface area contributed by atoms with Crippen LogP contribution < -0.4 is 0 Å². The Morgan fingerprint density at radius 2 is 1.90 bits per heavy atom. The molecule has 1 aliphatic rings. The molecule has 0 aromatic heterocycles. The number of thioether (sulfide) groups is 1. The summed E-state index contributed by atoms with van der Waals surface area (Å²) in [5.74, 6) is -0.0478.